The number of hydrogen-bond acceptors (Lipinski definition) is 3. The molecule has 0 spiro atoms. The molecule has 4 heteroatoms. The summed E-state index contributed by atoms with van der Waals surface area (Å²) in [6.45, 7) is 3.83. The number of methoxy groups -OCH3 is 1. The Balaban J connectivity index is 1.88. The molecule has 1 atom stereocenters. The minimum absolute atomic E-state index is 0.0918. The van der Waals surface area contributed by atoms with Gasteiger partial charge < -0.3 is 14.5 Å². The molecule has 2 aromatic carbocycles. The molecule has 1 heterocycles. The monoisotopic (exact) mass is 309 g/mol. The van der Waals surface area contributed by atoms with Crippen LogP contribution in [0.15, 0.2) is 52.9 Å². The normalized spacial score (nSPS) is 12.1. The van der Waals surface area contributed by atoms with Crippen LogP contribution in [-0.4, -0.2) is 13.0 Å². The van der Waals surface area contributed by atoms with Gasteiger partial charge in [-0.05, 0) is 37.6 Å². The van der Waals surface area contributed by atoms with E-state index in [1.165, 1.54) is 0 Å². The molecular formula is C19H19NO3. The largest absolute Gasteiger partial charge is 0.497 e. The van der Waals surface area contributed by atoms with Crippen molar-refractivity contribution >= 4 is 16.9 Å². The van der Waals surface area contributed by atoms with Gasteiger partial charge in [0.2, 0.25) is 0 Å². The highest BCUT2D eigenvalue weighted by Crippen LogP contribution is 2.29. The van der Waals surface area contributed by atoms with Crippen LogP contribution in [0.3, 0.4) is 0 Å². The van der Waals surface area contributed by atoms with Crippen molar-refractivity contribution in [1.82, 2.24) is 5.32 Å². The molecule has 0 saturated heterocycles. The SMILES string of the molecule is COc1ccc2oc(C(=O)N[C@@H](C)c3ccccc3)c(C)c2c1. The van der Waals surface area contributed by atoms with E-state index in [2.05, 4.69) is 5.32 Å². The fourth-order valence-electron chi connectivity index (χ4n) is 2.63. The van der Waals surface area contributed by atoms with Crippen LogP contribution in [0.1, 0.15) is 34.6 Å². The second-order valence-electron chi connectivity index (χ2n) is 5.52. The van der Waals surface area contributed by atoms with Gasteiger partial charge in [0.1, 0.15) is 11.3 Å². The van der Waals surface area contributed by atoms with Gasteiger partial charge in [-0.1, -0.05) is 30.3 Å². The molecule has 0 radical (unpaired) electrons. The van der Waals surface area contributed by atoms with Gasteiger partial charge in [-0.3, -0.25) is 4.79 Å². The average molecular weight is 309 g/mol. The van der Waals surface area contributed by atoms with E-state index in [-0.39, 0.29) is 11.9 Å². The van der Waals surface area contributed by atoms with E-state index in [9.17, 15) is 4.79 Å². The molecule has 3 aromatic rings. The van der Waals surface area contributed by atoms with Crippen LogP contribution in [0.25, 0.3) is 11.0 Å². The molecule has 1 N–H and O–H groups in total. The van der Waals surface area contributed by atoms with Gasteiger partial charge in [-0.15, -0.1) is 0 Å². The number of amides is 1. The predicted octanol–water partition coefficient (Wildman–Crippen LogP) is 4.24. The van der Waals surface area contributed by atoms with E-state index < -0.39 is 0 Å². The maximum Gasteiger partial charge on any atom is 0.287 e. The number of nitrogens with one attached hydrogen (secondary N) is 1. The highest BCUT2D eigenvalue weighted by atomic mass is 16.5. The van der Waals surface area contributed by atoms with Crippen LogP contribution in [0.5, 0.6) is 5.75 Å². The van der Waals surface area contributed by atoms with Crippen LogP contribution in [0, 0.1) is 6.92 Å². The molecule has 3 rings (SSSR count). The summed E-state index contributed by atoms with van der Waals surface area (Å²) in [7, 11) is 1.62. The Morgan fingerprint density at radius 1 is 1.17 bits per heavy atom. The van der Waals surface area contributed by atoms with E-state index in [1.807, 2.05) is 62.4 Å². The Labute approximate surface area is 135 Å². The van der Waals surface area contributed by atoms with Crippen molar-refractivity contribution in [1.29, 1.82) is 0 Å². The second kappa shape index (κ2) is 6.16. The Hall–Kier alpha value is -2.75. The molecule has 4 nitrogen and oxygen atoms in total. The Kier molecular flexibility index (Phi) is 4.06. The van der Waals surface area contributed by atoms with E-state index >= 15 is 0 Å². The lowest BCUT2D eigenvalue weighted by Crippen LogP contribution is -2.26. The highest BCUT2D eigenvalue weighted by Gasteiger charge is 2.20. The number of ether oxygens (including phenoxy) is 1. The lowest BCUT2D eigenvalue weighted by atomic mass is 10.1. The third-order valence-corrected chi connectivity index (χ3v) is 4.00. The first-order chi connectivity index (χ1) is 11.1. The molecule has 0 bridgehead atoms. The third kappa shape index (κ3) is 2.93. The highest BCUT2D eigenvalue weighted by molar-refractivity contribution is 5.99. The van der Waals surface area contributed by atoms with Gasteiger partial charge in [0.05, 0.1) is 13.2 Å². The number of furan rings is 1. The molecule has 0 aliphatic heterocycles. The molecule has 1 amide bonds. The quantitative estimate of drug-likeness (QED) is 0.784. The van der Waals surface area contributed by atoms with Crippen molar-refractivity contribution < 1.29 is 13.9 Å². The standard InChI is InChI=1S/C19H19NO3/c1-12-16-11-15(22-3)9-10-17(16)23-18(12)19(21)20-13(2)14-7-5-4-6-8-14/h4-11,13H,1-3H3,(H,20,21)/t13-/m0/s1. The van der Waals surface area contributed by atoms with Crippen molar-refractivity contribution in [3.8, 4) is 5.75 Å². The number of benzene rings is 2. The summed E-state index contributed by atoms with van der Waals surface area (Å²) < 4.78 is 11.0. The van der Waals surface area contributed by atoms with Crippen LogP contribution in [0.2, 0.25) is 0 Å². The van der Waals surface area contributed by atoms with Gasteiger partial charge in [-0.25, -0.2) is 0 Å². The van der Waals surface area contributed by atoms with Gasteiger partial charge in [-0.2, -0.15) is 0 Å². The van der Waals surface area contributed by atoms with Gasteiger partial charge in [0.25, 0.3) is 5.91 Å². The Morgan fingerprint density at radius 3 is 2.61 bits per heavy atom. The van der Waals surface area contributed by atoms with E-state index in [0.29, 0.717) is 11.3 Å². The summed E-state index contributed by atoms with van der Waals surface area (Å²) in [5.41, 5.74) is 2.55. The summed E-state index contributed by atoms with van der Waals surface area (Å²) in [5, 5.41) is 3.87. The van der Waals surface area contributed by atoms with Crippen LogP contribution in [-0.2, 0) is 0 Å². The summed E-state index contributed by atoms with van der Waals surface area (Å²) in [4.78, 5) is 12.5. The molecule has 23 heavy (non-hydrogen) atoms. The fraction of sp³-hybridized carbons (Fsp3) is 0.211. The average Bonchev–Trinajstić information content (AvgIpc) is 2.92. The zero-order valence-corrected chi connectivity index (χ0v) is 13.4. The summed E-state index contributed by atoms with van der Waals surface area (Å²) in [6.07, 6.45) is 0. The molecular weight excluding hydrogens is 290 g/mol. The van der Waals surface area contributed by atoms with Crippen molar-refractivity contribution in [3.05, 3.63) is 65.4 Å². The number of aryl methyl sites for hydroxylation is 1. The summed E-state index contributed by atoms with van der Waals surface area (Å²) >= 11 is 0. The number of fused-ring (bicyclic) bond motifs is 1. The Morgan fingerprint density at radius 2 is 1.91 bits per heavy atom. The first-order valence-electron chi connectivity index (χ1n) is 7.53. The smallest absolute Gasteiger partial charge is 0.287 e. The van der Waals surface area contributed by atoms with Crippen LogP contribution >= 0.6 is 0 Å². The molecule has 0 aliphatic carbocycles. The summed E-state index contributed by atoms with van der Waals surface area (Å²) in [6, 6.07) is 15.3. The van der Waals surface area contributed by atoms with Crippen LogP contribution in [0.4, 0.5) is 0 Å². The van der Waals surface area contributed by atoms with Crippen molar-refractivity contribution in [3.63, 3.8) is 0 Å². The topological polar surface area (TPSA) is 51.5 Å². The number of carbonyl (C=O) groups is 1. The lowest BCUT2D eigenvalue weighted by molar-refractivity contribution is 0.0913. The minimum atomic E-state index is -0.214. The van der Waals surface area contributed by atoms with Crippen molar-refractivity contribution in [2.24, 2.45) is 0 Å². The predicted molar refractivity (Wildman–Crippen MR) is 89.8 cm³/mol. The number of rotatable bonds is 4. The number of carbonyl (C=O) groups excluding carboxylic acids is 1. The molecule has 0 saturated carbocycles. The first-order valence-corrected chi connectivity index (χ1v) is 7.53. The molecule has 1 aromatic heterocycles. The van der Waals surface area contributed by atoms with E-state index in [1.54, 1.807) is 7.11 Å². The maximum atomic E-state index is 12.5. The van der Waals surface area contributed by atoms with Crippen LogP contribution < -0.4 is 10.1 Å². The lowest BCUT2D eigenvalue weighted by Gasteiger charge is -2.13. The van der Waals surface area contributed by atoms with Crippen molar-refractivity contribution in [2.75, 3.05) is 7.11 Å². The third-order valence-electron chi connectivity index (χ3n) is 4.00. The van der Waals surface area contributed by atoms with Gasteiger partial charge >= 0.3 is 0 Å². The number of hydrogen-bond donors (Lipinski definition) is 1. The zero-order chi connectivity index (χ0) is 16.4. The zero-order valence-electron chi connectivity index (χ0n) is 13.4. The van der Waals surface area contributed by atoms with Crippen molar-refractivity contribution in [2.45, 2.75) is 19.9 Å². The fourth-order valence-corrected chi connectivity index (χ4v) is 2.63. The van der Waals surface area contributed by atoms with E-state index in [0.717, 1.165) is 22.3 Å². The van der Waals surface area contributed by atoms with Gasteiger partial charge in [0.15, 0.2) is 5.76 Å². The molecule has 0 aliphatic rings. The Bertz CT molecular complexity index is 836. The summed E-state index contributed by atoms with van der Waals surface area (Å²) in [5.74, 6) is 0.871. The maximum absolute atomic E-state index is 12.5. The minimum Gasteiger partial charge on any atom is -0.497 e. The van der Waals surface area contributed by atoms with Gasteiger partial charge in [0, 0.05) is 10.9 Å². The second-order valence-corrected chi connectivity index (χ2v) is 5.52. The first kappa shape index (κ1) is 15.2. The molecule has 0 fully saturated rings. The van der Waals surface area contributed by atoms with E-state index in [4.69, 9.17) is 9.15 Å². The molecule has 0 unspecified atom stereocenters. The molecule has 118 valence electrons.